The molecule has 0 amide bonds. The van der Waals surface area contributed by atoms with Crippen molar-refractivity contribution in [2.75, 3.05) is 0 Å². The first-order chi connectivity index (χ1) is 11.4. The van der Waals surface area contributed by atoms with Crippen molar-refractivity contribution in [3.8, 4) is 11.8 Å². The van der Waals surface area contributed by atoms with Gasteiger partial charge in [0.25, 0.3) is 0 Å². The fourth-order valence-corrected chi connectivity index (χ4v) is 2.99. The standard InChI is InChI=1S/C19H18N2O2S/c1-19(2,3)23-18(22)10-16-17(24-12-21-16)8-7-13-9-14-5-4-6-15(14)20-11-13/h4-5,9,11-12H,6,10H2,1-3H3. The Hall–Kier alpha value is -2.45. The van der Waals surface area contributed by atoms with Crippen LogP contribution in [0, 0.1) is 11.8 Å². The van der Waals surface area contributed by atoms with Gasteiger partial charge in [0.1, 0.15) is 10.5 Å². The van der Waals surface area contributed by atoms with Crippen molar-refractivity contribution in [1.82, 2.24) is 9.97 Å². The van der Waals surface area contributed by atoms with Gasteiger partial charge >= 0.3 is 5.97 Å². The zero-order valence-electron chi connectivity index (χ0n) is 13.9. The first-order valence-electron chi connectivity index (χ1n) is 7.72. The van der Waals surface area contributed by atoms with E-state index in [9.17, 15) is 4.79 Å². The number of carbonyl (C=O) groups excluding carboxylic acids is 1. The van der Waals surface area contributed by atoms with E-state index in [4.69, 9.17) is 4.74 Å². The normalized spacial score (nSPS) is 12.5. The Morgan fingerprint density at radius 2 is 2.17 bits per heavy atom. The van der Waals surface area contributed by atoms with E-state index in [0.717, 1.165) is 28.1 Å². The Kier molecular flexibility index (Phi) is 4.50. The number of ether oxygens (including phenoxy) is 1. The summed E-state index contributed by atoms with van der Waals surface area (Å²) in [5.74, 6) is 5.92. The van der Waals surface area contributed by atoms with Gasteiger partial charge in [-0.1, -0.05) is 18.1 Å². The lowest BCUT2D eigenvalue weighted by atomic mass is 10.1. The summed E-state index contributed by atoms with van der Waals surface area (Å²) in [4.78, 5) is 21.4. The van der Waals surface area contributed by atoms with E-state index in [-0.39, 0.29) is 12.4 Å². The molecule has 2 aromatic heterocycles. The van der Waals surface area contributed by atoms with Gasteiger partial charge in [-0.05, 0) is 38.3 Å². The van der Waals surface area contributed by atoms with Crippen molar-refractivity contribution < 1.29 is 9.53 Å². The van der Waals surface area contributed by atoms with Crippen LogP contribution in [0.25, 0.3) is 6.08 Å². The molecule has 0 atom stereocenters. The van der Waals surface area contributed by atoms with Crippen LogP contribution < -0.4 is 0 Å². The predicted octanol–water partition coefficient (Wildman–Crippen LogP) is 3.39. The summed E-state index contributed by atoms with van der Waals surface area (Å²) in [5.41, 5.74) is 4.94. The Morgan fingerprint density at radius 3 is 2.96 bits per heavy atom. The molecule has 0 unspecified atom stereocenters. The Labute approximate surface area is 145 Å². The van der Waals surface area contributed by atoms with E-state index in [1.807, 2.05) is 26.8 Å². The molecule has 2 aromatic rings. The third-order valence-corrected chi connectivity index (χ3v) is 4.09. The lowest BCUT2D eigenvalue weighted by molar-refractivity contribution is -0.153. The fraction of sp³-hybridized carbons (Fsp3) is 0.316. The van der Waals surface area contributed by atoms with Crippen molar-refractivity contribution in [2.24, 2.45) is 0 Å². The maximum absolute atomic E-state index is 12.0. The molecule has 0 N–H and O–H groups in total. The average molecular weight is 338 g/mol. The van der Waals surface area contributed by atoms with Gasteiger partial charge < -0.3 is 4.74 Å². The molecule has 0 spiro atoms. The number of hydrogen-bond donors (Lipinski definition) is 0. The van der Waals surface area contributed by atoms with E-state index in [1.165, 1.54) is 11.3 Å². The summed E-state index contributed by atoms with van der Waals surface area (Å²) >= 11 is 1.43. The van der Waals surface area contributed by atoms with Crippen LogP contribution in [0.5, 0.6) is 0 Å². The molecule has 0 bridgehead atoms. The summed E-state index contributed by atoms with van der Waals surface area (Å²) < 4.78 is 5.34. The highest BCUT2D eigenvalue weighted by Crippen LogP contribution is 2.18. The molecule has 0 radical (unpaired) electrons. The van der Waals surface area contributed by atoms with E-state index in [1.54, 1.807) is 11.7 Å². The van der Waals surface area contributed by atoms with Gasteiger partial charge in [-0.3, -0.25) is 9.78 Å². The second kappa shape index (κ2) is 6.58. The molecule has 122 valence electrons. The van der Waals surface area contributed by atoms with E-state index < -0.39 is 5.60 Å². The highest BCUT2D eigenvalue weighted by molar-refractivity contribution is 7.10. The van der Waals surface area contributed by atoms with Crippen LogP contribution in [0.2, 0.25) is 0 Å². The number of rotatable bonds is 2. The third kappa shape index (κ3) is 4.09. The number of fused-ring (bicyclic) bond motifs is 1. The van der Waals surface area contributed by atoms with Crippen molar-refractivity contribution in [2.45, 2.75) is 39.2 Å². The molecule has 0 saturated heterocycles. The molecule has 1 aliphatic carbocycles. The van der Waals surface area contributed by atoms with Gasteiger partial charge in [0, 0.05) is 18.2 Å². The van der Waals surface area contributed by atoms with Crippen molar-refractivity contribution >= 4 is 23.4 Å². The molecule has 1 aliphatic rings. The van der Waals surface area contributed by atoms with Crippen LogP contribution in [-0.2, 0) is 22.4 Å². The summed E-state index contributed by atoms with van der Waals surface area (Å²) in [6.45, 7) is 5.55. The Balaban J connectivity index is 1.75. The molecule has 5 heteroatoms. The van der Waals surface area contributed by atoms with E-state index in [0.29, 0.717) is 5.69 Å². The first-order valence-corrected chi connectivity index (χ1v) is 8.60. The topological polar surface area (TPSA) is 52.1 Å². The van der Waals surface area contributed by atoms with Crippen LogP contribution in [0.3, 0.4) is 0 Å². The fourth-order valence-electron chi connectivity index (χ4n) is 2.33. The molecular weight excluding hydrogens is 320 g/mol. The Bertz CT molecular complexity index is 863. The summed E-state index contributed by atoms with van der Waals surface area (Å²) in [6.07, 6.45) is 6.96. The second-order valence-electron chi connectivity index (χ2n) is 6.51. The number of pyridine rings is 1. The third-order valence-electron chi connectivity index (χ3n) is 3.31. The molecule has 24 heavy (non-hydrogen) atoms. The maximum Gasteiger partial charge on any atom is 0.312 e. The van der Waals surface area contributed by atoms with Crippen LogP contribution in [0.15, 0.2) is 23.8 Å². The summed E-state index contributed by atoms with van der Waals surface area (Å²) in [7, 11) is 0. The second-order valence-corrected chi connectivity index (χ2v) is 7.36. The molecular formula is C19H18N2O2S. The first kappa shape index (κ1) is 16.4. The van der Waals surface area contributed by atoms with Crippen molar-refractivity contribution in [3.63, 3.8) is 0 Å². The minimum atomic E-state index is -0.497. The molecule has 0 aliphatic heterocycles. The highest BCUT2D eigenvalue weighted by atomic mass is 32.1. The Morgan fingerprint density at radius 1 is 1.33 bits per heavy atom. The summed E-state index contributed by atoms with van der Waals surface area (Å²) in [6, 6.07) is 2.04. The predicted molar refractivity (Wildman–Crippen MR) is 94.6 cm³/mol. The monoisotopic (exact) mass is 338 g/mol. The lowest BCUT2D eigenvalue weighted by Crippen LogP contribution is -2.25. The number of allylic oxidation sites excluding steroid dienone is 1. The largest absolute Gasteiger partial charge is 0.460 e. The molecule has 2 heterocycles. The minimum absolute atomic E-state index is 0.135. The summed E-state index contributed by atoms with van der Waals surface area (Å²) in [5, 5.41) is 0. The van der Waals surface area contributed by atoms with Crippen molar-refractivity contribution in [1.29, 1.82) is 0 Å². The molecule has 0 aromatic carbocycles. The number of carbonyl (C=O) groups is 1. The smallest absolute Gasteiger partial charge is 0.312 e. The van der Waals surface area contributed by atoms with Gasteiger partial charge in [-0.15, -0.1) is 11.3 Å². The number of nitrogens with zero attached hydrogens (tertiary/aromatic N) is 2. The number of thiazole rings is 1. The average Bonchev–Trinajstić information content (AvgIpc) is 3.11. The van der Waals surface area contributed by atoms with Crippen LogP contribution in [-0.4, -0.2) is 21.5 Å². The lowest BCUT2D eigenvalue weighted by Gasteiger charge is -2.19. The van der Waals surface area contributed by atoms with Crippen LogP contribution >= 0.6 is 11.3 Å². The molecule has 0 fully saturated rings. The zero-order valence-corrected chi connectivity index (χ0v) is 14.7. The van der Waals surface area contributed by atoms with Gasteiger partial charge in [0.15, 0.2) is 0 Å². The number of esters is 1. The zero-order chi connectivity index (χ0) is 17.2. The van der Waals surface area contributed by atoms with Gasteiger partial charge in [-0.25, -0.2) is 4.98 Å². The van der Waals surface area contributed by atoms with Gasteiger partial charge in [0.05, 0.1) is 23.3 Å². The van der Waals surface area contributed by atoms with E-state index >= 15 is 0 Å². The quantitative estimate of drug-likeness (QED) is 0.622. The van der Waals surface area contributed by atoms with Gasteiger partial charge in [0.2, 0.25) is 0 Å². The molecule has 3 rings (SSSR count). The SMILES string of the molecule is CC(C)(C)OC(=O)Cc1ncsc1C#Cc1cnc2c(c1)C=CC2. The van der Waals surface area contributed by atoms with Crippen molar-refractivity contribution in [3.05, 3.63) is 51.2 Å². The molecule has 0 saturated carbocycles. The van der Waals surface area contributed by atoms with E-state index in [2.05, 4.69) is 34.0 Å². The molecule has 4 nitrogen and oxygen atoms in total. The van der Waals surface area contributed by atoms with Crippen LogP contribution in [0.4, 0.5) is 0 Å². The number of hydrogen-bond acceptors (Lipinski definition) is 5. The van der Waals surface area contributed by atoms with Crippen LogP contribution in [0.1, 0.15) is 48.2 Å². The number of aromatic nitrogens is 2. The highest BCUT2D eigenvalue weighted by Gasteiger charge is 2.18. The maximum atomic E-state index is 12.0. The minimum Gasteiger partial charge on any atom is -0.460 e. The van der Waals surface area contributed by atoms with Gasteiger partial charge in [-0.2, -0.15) is 0 Å².